The molecule has 0 unspecified atom stereocenters. The van der Waals surface area contributed by atoms with Crippen molar-refractivity contribution in [1.29, 1.82) is 5.26 Å². The number of hydrogen-bond acceptors (Lipinski definition) is 3. The maximum absolute atomic E-state index is 12.0. The number of carbonyl (C=O) groups is 1. The molecular weight excluding hydrogens is 262 g/mol. The number of nitrogens with zero attached hydrogens (tertiary/aromatic N) is 1. The minimum Gasteiger partial charge on any atom is -0.384 e. The van der Waals surface area contributed by atoms with Crippen molar-refractivity contribution in [1.82, 2.24) is 10.6 Å². The Balaban J connectivity index is 1.69. The van der Waals surface area contributed by atoms with Crippen molar-refractivity contribution in [2.24, 2.45) is 17.8 Å². The van der Waals surface area contributed by atoms with Gasteiger partial charge in [0.1, 0.15) is 11.6 Å². The first kappa shape index (κ1) is 14.4. The third kappa shape index (κ3) is 2.92. The average molecular weight is 287 g/mol. The highest BCUT2D eigenvalue weighted by Gasteiger charge is 2.50. The zero-order valence-corrected chi connectivity index (χ0v) is 13.0. The lowest BCUT2D eigenvalue weighted by atomic mass is 9.53. The summed E-state index contributed by atoms with van der Waals surface area (Å²) in [5.41, 5.74) is 0.342. The molecule has 0 saturated heterocycles. The summed E-state index contributed by atoms with van der Waals surface area (Å²) in [7, 11) is 0. The lowest BCUT2D eigenvalue weighted by Gasteiger charge is -2.56. The maximum Gasteiger partial charge on any atom is 0.263 e. The van der Waals surface area contributed by atoms with Gasteiger partial charge in [-0.05, 0) is 70.1 Å². The van der Waals surface area contributed by atoms with E-state index < -0.39 is 0 Å². The lowest BCUT2D eigenvalue weighted by Crippen LogP contribution is -2.57. The van der Waals surface area contributed by atoms with Gasteiger partial charge in [-0.2, -0.15) is 5.26 Å². The van der Waals surface area contributed by atoms with Crippen LogP contribution in [0.4, 0.5) is 0 Å². The first-order valence-corrected chi connectivity index (χ1v) is 8.18. The lowest BCUT2D eigenvalue weighted by molar-refractivity contribution is -0.117. The van der Waals surface area contributed by atoms with Gasteiger partial charge in [-0.25, -0.2) is 0 Å². The quantitative estimate of drug-likeness (QED) is 0.616. The topological polar surface area (TPSA) is 64.9 Å². The van der Waals surface area contributed by atoms with Crippen LogP contribution in [0, 0.1) is 29.1 Å². The standard InChI is InChI=1S/C17H25N3O/c1-11(2)20-16(21)15(9-18)10-19-17-6-12-3-13(7-17)5-14(4-12)8-17/h10-14,19H,3-8H2,1-2H3,(H,20,21)/b15-10-. The van der Waals surface area contributed by atoms with Gasteiger partial charge in [-0.1, -0.05) is 0 Å². The predicted molar refractivity (Wildman–Crippen MR) is 81.0 cm³/mol. The summed E-state index contributed by atoms with van der Waals surface area (Å²) in [5.74, 6) is 2.29. The van der Waals surface area contributed by atoms with Crippen LogP contribution in [0.3, 0.4) is 0 Å². The smallest absolute Gasteiger partial charge is 0.263 e. The largest absolute Gasteiger partial charge is 0.384 e. The Hall–Kier alpha value is -1.50. The van der Waals surface area contributed by atoms with Gasteiger partial charge in [-0.15, -0.1) is 0 Å². The van der Waals surface area contributed by atoms with Crippen molar-refractivity contribution >= 4 is 5.91 Å². The van der Waals surface area contributed by atoms with Crippen molar-refractivity contribution < 1.29 is 4.79 Å². The number of amides is 1. The fourth-order valence-electron chi connectivity index (χ4n) is 5.00. The molecule has 0 aromatic rings. The van der Waals surface area contributed by atoms with E-state index in [1.165, 1.54) is 38.5 Å². The number of rotatable bonds is 4. The van der Waals surface area contributed by atoms with Crippen LogP contribution < -0.4 is 10.6 Å². The third-order valence-corrected chi connectivity index (χ3v) is 5.35. The van der Waals surface area contributed by atoms with Gasteiger partial charge in [0.05, 0.1) is 0 Å². The van der Waals surface area contributed by atoms with Crippen LogP contribution in [0.15, 0.2) is 11.8 Å². The van der Waals surface area contributed by atoms with Crippen molar-refractivity contribution in [3.05, 3.63) is 11.8 Å². The van der Waals surface area contributed by atoms with E-state index in [-0.39, 0.29) is 23.1 Å². The molecule has 0 heterocycles. The molecule has 0 aliphatic heterocycles. The molecular formula is C17H25N3O. The fraction of sp³-hybridized carbons (Fsp3) is 0.765. The summed E-state index contributed by atoms with van der Waals surface area (Å²) in [6.45, 7) is 3.80. The Bertz CT molecular complexity index is 465. The van der Waals surface area contributed by atoms with Crippen molar-refractivity contribution in [3.8, 4) is 6.07 Å². The second-order valence-corrected chi connectivity index (χ2v) is 7.64. The number of hydrogen-bond donors (Lipinski definition) is 2. The summed E-state index contributed by atoms with van der Waals surface area (Å²) in [6.07, 6.45) is 9.47. The van der Waals surface area contributed by atoms with E-state index in [2.05, 4.69) is 10.6 Å². The number of nitrogens with one attached hydrogen (secondary N) is 2. The summed E-state index contributed by atoms with van der Waals surface area (Å²) >= 11 is 0. The van der Waals surface area contributed by atoms with Crippen LogP contribution in [0.1, 0.15) is 52.4 Å². The first-order valence-electron chi connectivity index (χ1n) is 8.18. The molecule has 0 spiro atoms. The summed E-state index contributed by atoms with van der Waals surface area (Å²) in [4.78, 5) is 12.0. The van der Waals surface area contributed by atoms with E-state index in [0.717, 1.165) is 17.8 Å². The van der Waals surface area contributed by atoms with E-state index in [1.807, 2.05) is 19.9 Å². The molecule has 0 aromatic heterocycles. The molecule has 1 amide bonds. The maximum atomic E-state index is 12.0. The van der Waals surface area contributed by atoms with Crippen LogP contribution in [-0.2, 0) is 4.79 Å². The van der Waals surface area contributed by atoms with Crippen molar-refractivity contribution in [2.45, 2.75) is 64.0 Å². The zero-order chi connectivity index (χ0) is 15.0. The van der Waals surface area contributed by atoms with Gasteiger partial charge in [0.15, 0.2) is 0 Å². The van der Waals surface area contributed by atoms with Crippen molar-refractivity contribution in [3.63, 3.8) is 0 Å². The highest BCUT2D eigenvalue weighted by molar-refractivity contribution is 5.97. The first-order chi connectivity index (χ1) is 9.99. The second-order valence-electron chi connectivity index (χ2n) is 7.64. The molecule has 4 bridgehead atoms. The summed E-state index contributed by atoms with van der Waals surface area (Å²) < 4.78 is 0. The minimum atomic E-state index is -0.273. The molecule has 21 heavy (non-hydrogen) atoms. The molecule has 0 aromatic carbocycles. The van der Waals surface area contributed by atoms with Gasteiger partial charge < -0.3 is 10.6 Å². The van der Waals surface area contributed by atoms with E-state index in [0.29, 0.717) is 0 Å². The Kier molecular flexibility index (Phi) is 3.69. The van der Waals surface area contributed by atoms with Gasteiger partial charge in [0.2, 0.25) is 0 Å². The van der Waals surface area contributed by atoms with Gasteiger partial charge >= 0.3 is 0 Å². The average Bonchev–Trinajstić information content (AvgIpc) is 2.36. The van der Waals surface area contributed by atoms with Crippen LogP contribution in [-0.4, -0.2) is 17.5 Å². The monoisotopic (exact) mass is 287 g/mol. The second kappa shape index (κ2) is 5.36. The Morgan fingerprint density at radius 3 is 2.14 bits per heavy atom. The van der Waals surface area contributed by atoms with Gasteiger partial charge in [0.25, 0.3) is 5.91 Å². The highest BCUT2D eigenvalue weighted by atomic mass is 16.1. The molecule has 4 heteroatoms. The van der Waals surface area contributed by atoms with E-state index >= 15 is 0 Å². The summed E-state index contributed by atoms with van der Waals surface area (Å²) in [6, 6.07) is 2.08. The fourth-order valence-corrected chi connectivity index (χ4v) is 5.00. The Morgan fingerprint density at radius 2 is 1.71 bits per heavy atom. The number of nitriles is 1. The van der Waals surface area contributed by atoms with Crippen LogP contribution >= 0.6 is 0 Å². The molecule has 4 fully saturated rings. The predicted octanol–water partition coefficient (Wildman–Crippen LogP) is 2.48. The van der Waals surface area contributed by atoms with E-state index in [4.69, 9.17) is 0 Å². The normalized spacial score (nSPS) is 37.4. The molecule has 0 radical (unpaired) electrons. The molecule has 114 valence electrons. The molecule has 0 atom stereocenters. The molecule has 4 saturated carbocycles. The number of carbonyl (C=O) groups excluding carboxylic acids is 1. The van der Waals surface area contributed by atoms with E-state index in [9.17, 15) is 10.1 Å². The van der Waals surface area contributed by atoms with Gasteiger partial charge in [0, 0.05) is 17.8 Å². The zero-order valence-electron chi connectivity index (χ0n) is 13.0. The summed E-state index contributed by atoms with van der Waals surface area (Å²) in [5, 5.41) is 15.5. The highest BCUT2D eigenvalue weighted by Crippen LogP contribution is 2.55. The van der Waals surface area contributed by atoms with Crippen LogP contribution in [0.5, 0.6) is 0 Å². The molecule has 4 aliphatic carbocycles. The molecule has 4 aliphatic rings. The molecule has 4 rings (SSSR count). The Labute approximate surface area is 127 Å². The molecule has 4 nitrogen and oxygen atoms in total. The third-order valence-electron chi connectivity index (χ3n) is 5.35. The SMILES string of the molecule is CC(C)NC(=O)/C(C#N)=C\NC12CC3CC(CC(C3)C1)C2. The van der Waals surface area contributed by atoms with Crippen LogP contribution in [0.25, 0.3) is 0 Å². The van der Waals surface area contributed by atoms with Crippen LogP contribution in [0.2, 0.25) is 0 Å². The minimum absolute atomic E-state index is 0.0498. The van der Waals surface area contributed by atoms with E-state index in [1.54, 1.807) is 6.20 Å². The van der Waals surface area contributed by atoms with Crippen molar-refractivity contribution in [2.75, 3.05) is 0 Å². The molecule has 2 N–H and O–H groups in total. The Morgan fingerprint density at radius 1 is 1.19 bits per heavy atom. The van der Waals surface area contributed by atoms with Gasteiger partial charge in [-0.3, -0.25) is 4.79 Å².